The van der Waals surface area contributed by atoms with Gasteiger partial charge in [0.25, 0.3) is 0 Å². The molecule has 0 N–H and O–H groups in total. The summed E-state index contributed by atoms with van der Waals surface area (Å²) < 4.78 is 43.6. The van der Waals surface area contributed by atoms with Crippen molar-refractivity contribution in [2.24, 2.45) is 4.99 Å². The summed E-state index contributed by atoms with van der Waals surface area (Å²) in [4.78, 5) is 10.4. The normalized spacial score (nSPS) is 19.1. The third kappa shape index (κ3) is 5.09. The smallest absolute Gasteiger partial charge is 0.417 e. The van der Waals surface area contributed by atoms with Crippen molar-refractivity contribution in [1.82, 2.24) is 9.88 Å². The molecule has 2 aliphatic rings. The molecule has 1 saturated carbocycles. The van der Waals surface area contributed by atoms with E-state index >= 15 is 0 Å². The zero-order valence-electron chi connectivity index (χ0n) is 16.3. The molecule has 1 aliphatic carbocycles. The SMILES string of the molecule is FC(F)(F)c1ccc(Oc2cccc(C=C3CCC(N4C=CC=NC4)CC3)c2)nc1. The molecular weight excluding hydrogens is 391 g/mol. The lowest BCUT2D eigenvalue weighted by atomic mass is 9.89. The molecule has 1 aliphatic heterocycles. The Balaban J connectivity index is 1.38. The maximum Gasteiger partial charge on any atom is 0.417 e. The molecule has 1 aromatic carbocycles. The van der Waals surface area contributed by atoms with E-state index in [1.165, 1.54) is 11.6 Å². The van der Waals surface area contributed by atoms with Crippen LogP contribution in [-0.2, 0) is 6.18 Å². The number of rotatable bonds is 4. The van der Waals surface area contributed by atoms with Crippen LogP contribution in [0.15, 0.2) is 65.4 Å². The number of aromatic nitrogens is 1. The van der Waals surface area contributed by atoms with Crippen molar-refractivity contribution in [2.45, 2.75) is 37.9 Å². The van der Waals surface area contributed by atoms with Crippen LogP contribution in [0.2, 0.25) is 0 Å². The van der Waals surface area contributed by atoms with Gasteiger partial charge in [0.05, 0.1) is 5.56 Å². The zero-order valence-corrected chi connectivity index (χ0v) is 16.3. The Labute approximate surface area is 173 Å². The van der Waals surface area contributed by atoms with Gasteiger partial charge in [-0.25, -0.2) is 4.98 Å². The fourth-order valence-electron chi connectivity index (χ4n) is 3.72. The van der Waals surface area contributed by atoms with E-state index in [4.69, 9.17) is 4.74 Å². The highest BCUT2D eigenvalue weighted by Crippen LogP contribution is 2.31. The van der Waals surface area contributed by atoms with Gasteiger partial charge < -0.3 is 9.64 Å². The number of benzene rings is 1. The molecule has 7 heteroatoms. The summed E-state index contributed by atoms with van der Waals surface area (Å²) in [6.45, 7) is 0.734. The van der Waals surface area contributed by atoms with Crippen LogP contribution in [0.1, 0.15) is 36.8 Å². The van der Waals surface area contributed by atoms with Gasteiger partial charge in [-0.15, -0.1) is 0 Å². The van der Waals surface area contributed by atoms with Crippen molar-refractivity contribution in [3.8, 4) is 11.6 Å². The van der Waals surface area contributed by atoms with Gasteiger partial charge in [0.1, 0.15) is 12.4 Å². The minimum absolute atomic E-state index is 0.130. The summed E-state index contributed by atoms with van der Waals surface area (Å²) in [6, 6.07) is 10.2. The first-order chi connectivity index (χ1) is 14.5. The van der Waals surface area contributed by atoms with Crippen LogP contribution < -0.4 is 4.74 Å². The van der Waals surface area contributed by atoms with E-state index in [-0.39, 0.29) is 5.88 Å². The Bertz CT molecular complexity index is 954. The fourth-order valence-corrected chi connectivity index (χ4v) is 3.72. The number of hydrogen-bond acceptors (Lipinski definition) is 4. The molecule has 0 radical (unpaired) electrons. The molecule has 30 heavy (non-hydrogen) atoms. The lowest BCUT2D eigenvalue weighted by Crippen LogP contribution is -2.34. The number of alkyl halides is 3. The number of halogens is 3. The van der Waals surface area contributed by atoms with E-state index in [2.05, 4.69) is 27.2 Å². The standard InChI is InChI=1S/C23H22F3N3O/c24-23(25,26)19-7-10-22(28-15-19)30-21-4-1-3-18(14-21)13-17-5-8-20(9-6-17)29-12-2-11-27-16-29/h1-4,7,10-15,20H,5-6,8-9,16H2. The molecule has 4 rings (SSSR count). The van der Waals surface area contributed by atoms with Crippen LogP contribution >= 0.6 is 0 Å². The minimum atomic E-state index is -4.41. The monoisotopic (exact) mass is 413 g/mol. The van der Waals surface area contributed by atoms with Gasteiger partial charge in [0, 0.05) is 30.7 Å². The molecule has 2 aromatic rings. The summed E-state index contributed by atoms with van der Waals surface area (Å²) in [5.74, 6) is 0.673. The van der Waals surface area contributed by atoms with Crippen LogP contribution in [0.25, 0.3) is 6.08 Å². The molecule has 0 amide bonds. The highest BCUT2D eigenvalue weighted by molar-refractivity contribution is 5.71. The molecule has 1 aromatic heterocycles. The number of allylic oxidation sites excluding steroid dienone is 2. The second kappa shape index (κ2) is 8.73. The van der Waals surface area contributed by atoms with Crippen molar-refractivity contribution in [2.75, 3.05) is 6.67 Å². The van der Waals surface area contributed by atoms with Gasteiger partial charge in [-0.1, -0.05) is 23.8 Å². The summed E-state index contributed by atoms with van der Waals surface area (Å²) in [5, 5.41) is 0. The Morgan fingerprint density at radius 2 is 1.93 bits per heavy atom. The fraction of sp³-hybridized carbons (Fsp3) is 0.304. The third-order valence-corrected chi connectivity index (χ3v) is 5.30. The molecule has 0 saturated heterocycles. The third-order valence-electron chi connectivity index (χ3n) is 5.30. The van der Waals surface area contributed by atoms with Gasteiger partial charge in [0.15, 0.2) is 0 Å². The summed E-state index contributed by atoms with van der Waals surface area (Å²) in [5.41, 5.74) is 1.60. The van der Waals surface area contributed by atoms with E-state index in [1.807, 2.05) is 30.5 Å². The summed E-state index contributed by atoms with van der Waals surface area (Å²) >= 11 is 0. The predicted molar refractivity (Wildman–Crippen MR) is 110 cm³/mol. The van der Waals surface area contributed by atoms with E-state index in [0.717, 1.165) is 50.2 Å². The molecule has 0 spiro atoms. The molecule has 4 nitrogen and oxygen atoms in total. The van der Waals surface area contributed by atoms with Crippen molar-refractivity contribution in [3.63, 3.8) is 0 Å². The highest BCUT2D eigenvalue weighted by Gasteiger charge is 2.30. The number of hydrogen-bond donors (Lipinski definition) is 0. The molecule has 156 valence electrons. The van der Waals surface area contributed by atoms with Crippen LogP contribution in [0.3, 0.4) is 0 Å². The summed E-state index contributed by atoms with van der Waals surface area (Å²) in [7, 11) is 0. The largest absolute Gasteiger partial charge is 0.439 e. The number of aliphatic imine (C=N–C) groups is 1. The first-order valence-electron chi connectivity index (χ1n) is 9.90. The van der Waals surface area contributed by atoms with Gasteiger partial charge >= 0.3 is 6.18 Å². The van der Waals surface area contributed by atoms with Crippen molar-refractivity contribution < 1.29 is 17.9 Å². The van der Waals surface area contributed by atoms with E-state index < -0.39 is 11.7 Å². The van der Waals surface area contributed by atoms with E-state index in [9.17, 15) is 13.2 Å². The quantitative estimate of drug-likeness (QED) is 0.610. The number of nitrogens with zero attached hydrogens (tertiary/aromatic N) is 3. The topological polar surface area (TPSA) is 37.7 Å². The minimum Gasteiger partial charge on any atom is -0.439 e. The van der Waals surface area contributed by atoms with Crippen molar-refractivity contribution in [1.29, 1.82) is 0 Å². The van der Waals surface area contributed by atoms with E-state index in [0.29, 0.717) is 11.8 Å². The average molecular weight is 413 g/mol. The molecule has 1 fully saturated rings. The average Bonchev–Trinajstić information content (AvgIpc) is 2.75. The maximum atomic E-state index is 12.7. The van der Waals surface area contributed by atoms with Crippen molar-refractivity contribution >= 4 is 12.3 Å². The molecule has 0 unspecified atom stereocenters. The highest BCUT2D eigenvalue weighted by atomic mass is 19.4. The van der Waals surface area contributed by atoms with Gasteiger partial charge in [-0.2, -0.15) is 13.2 Å². The summed E-state index contributed by atoms with van der Waals surface area (Å²) in [6.07, 6.45) is 8.72. The Morgan fingerprint density at radius 1 is 1.10 bits per heavy atom. The van der Waals surface area contributed by atoms with Crippen LogP contribution in [0, 0.1) is 0 Å². The number of ether oxygens (including phenoxy) is 1. The molecule has 0 atom stereocenters. The van der Waals surface area contributed by atoms with Crippen LogP contribution in [0.4, 0.5) is 13.2 Å². The lowest BCUT2D eigenvalue weighted by Gasteiger charge is -2.34. The molecule has 0 bridgehead atoms. The Kier molecular flexibility index (Phi) is 5.88. The van der Waals surface area contributed by atoms with Gasteiger partial charge in [-0.05, 0) is 55.5 Å². The first kappa shape index (κ1) is 20.2. The van der Waals surface area contributed by atoms with Crippen LogP contribution in [-0.4, -0.2) is 28.8 Å². The van der Waals surface area contributed by atoms with Crippen LogP contribution in [0.5, 0.6) is 11.6 Å². The second-order valence-electron chi connectivity index (χ2n) is 7.42. The number of pyridine rings is 1. The van der Waals surface area contributed by atoms with Gasteiger partial charge in [0.2, 0.25) is 5.88 Å². The molecular formula is C23H22F3N3O. The second-order valence-corrected chi connectivity index (χ2v) is 7.42. The van der Waals surface area contributed by atoms with E-state index in [1.54, 1.807) is 6.07 Å². The van der Waals surface area contributed by atoms with Gasteiger partial charge in [-0.3, -0.25) is 4.99 Å². The lowest BCUT2D eigenvalue weighted by molar-refractivity contribution is -0.137. The predicted octanol–water partition coefficient (Wildman–Crippen LogP) is 6.08. The zero-order chi connectivity index (χ0) is 21.0. The Hall–Kier alpha value is -3.09. The Morgan fingerprint density at radius 3 is 2.60 bits per heavy atom. The first-order valence-corrected chi connectivity index (χ1v) is 9.90. The maximum absolute atomic E-state index is 12.7. The van der Waals surface area contributed by atoms with Crippen molar-refractivity contribution in [3.05, 3.63) is 71.6 Å². The molecule has 2 heterocycles.